The smallest absolute Gasteiger partial charge is 0.326 e. The topological polar surface area (TPSA) is 308 Å². The van der Waals surface area contributed by atoms with Gasteiger partial charge in [-0.25, -0.2) is 4.79 Å². The first-order valence-corrected chi connectivity index (χ1v) is 19.3. The number of aliphatic carboxylic acids is 2. The number of fused-ring (bicyclic) bond motifs is 1. The fourth-order valence-corrected chi connectivity index (χ4v) is 6.12. The molecule has 0 radical (unpaired) electrons. The van der Waals surface area contributed by atoms with E-state index < -0.39 is 121 Å². The van der Waals surface area contributed by atoms with Gasteiger partial charge in [0.25, 0.3) is 0 Å². The van der Waals surface area contributed by atoms with Gasteiger partial charge in [0.05, 0.1) is 6.42 Å². The summed E-state index contributed by atoms with van der Waals surface area (Å²) in [6, 6.07) is -0.987. The summed E-state index contributed by atoms with van der Waals surface area (Å²) in [6.45, 7) is 11.5. The number of nitrogens with two attached hydrogens (primary N) is 1. The summed E-state index contributed by atoms with van der Waals surface area (Å²) in [5.41, 5.74) is 6.46. The molecule has 1 aromatic carbocycles. The fraction of sp³-hybridized carbons (Fsp3) is 0.564. The number of hydrogen-bond donors (Lipinski definition) is 10. The number of hydrogen-bond acceptors (Lipinski definition) is 9. The third-order valence-corrected chi connectivity index (χ3v) is 9.93. The Hall–Kier alpha value is -6.01. The molecule has 320 valence electrons. The standard InChI is InChI=1S/C39H58N8O11/c1-8-20(5)32(42-22(7)48)38(56)47-33(21(6)9-2)37(55)44-27(16-23-18-41-25-13-11-10-12-24(23)25)35(53)43-26(14-15-30(50)51)34(52)46-31(19(3)4)36(54)45-28(39(57)58)17-29(40)49/h10-13,18-21,26-28,31-33,41H,8-9,14-17H2,1-7H3,(H2,40,49)(H,42,48)(H,43,53)(H,44,55)(H,45,54)(H,46,52)(H,47,56)(H,50,51)(H,57,58)/t20?,21?,26-,27-,28-,31-,32-,33-/m0/s1. The van der Waals surface area contributed by atoms with E-state index in [-0.39, 0.29) is 12.3 Å². The molecule has 19 nitrogen and oxygen atoms in total. The highest BCUT2D eigenvalue weighted by molar-refractivity contribution is 5.98. The predicted octanol–water partition coefficient (Wildman–Crippen LogP) is 0.212. The van der Waals surface area contributed by atoms with Crippen molar-refractivity contribution in [2.24, 2.45) is 23.5 Å². The molecule has 0 fully saturated rings. The molecule has 0 aliphatic rings. The number of aromatic amines is 1. The molecule has 0 aliphatic heterocycles. The number of nitrogens with one attached hydrogen (secondary N) is 7. The molecule has 0 bridgehead atoms. The lowest BCUT2D eigenvalue weighted by atomic mass is 9.94. The monoisotopic (exact) mass is 814 g/mol. The number of para-hydroxylation sites is 1. The third kappa shape index (κ3) is 14.5. The van der Waals surface area contributed by atoms with Gasteiger partial charge in [-0.15, -0.1) is 0 Å². The first kappa shape index (κ1) is 48.1. The molecule has 7 amide bonds. The van der Waals surface area contributed by atoms with E-state index in [1.807, 2.05) is 19.9 Å². The number of aromatic nitrogens is 1. The Bertz CT molecular complexity index is 1810. The highest BCUT2D eigenvalue weighted by atomic mass is 16.4. The zero-order chi connectivity index (χ0) is 43.9. The largest absolute Gasteiger partial charge is 0.481 e. The third-order valence-electron chi connectivity index (χ3n) is 9.93. The van der Waals surface area contributed by atoms with Crippen molar-refractivity contribution in [3.63, 3.8) is 0 Å². The van der Waals surface area contributed by atoms with Crippen LogP contribution in [0.15, 0.2) is 30.5 Å². The summed E-state index contributed by atoms with van der Waals surface area (Å²) in [4.78, 5) is 119. The van der Waals surface area contributed by atoms with Crippen LogP contribution in [-0.2, 0) is 49.6 Å². The van der Waals surface area contributed by atoms with Crippen LogP contribution >= 0.6 is 0 Å². The lowest BCUT2D eigenvalue weighted by molar-refractivity contribution is -0.144. The number of benzene rings is 1. The maximum Gasteiger partial charge on any atom is 0.326 e. The van der Waals surface area contributed by atoms with Gasteiger partial charge in [0, 0.05) is 36.9 Å². The lowest BCUT2D eigenvalue weighted by Gasteiger charge is -2.30. The highest BCUT2D eigenvalue weighted by Crippen LogP contribution is 2.20. The second kappa shape index (κ2) is 22.7. The number of carboxylic acids is 2. The van der Waals surface area contributed by atoms with Gasteiger partial charge < -0.3 is 52.8 Å². The second-order valence-corrected chi connectivity index (χ2v) is 14.9. The summed E-state index contributed by atoms with van der Waals surface area (Å²) in [5, 5.41) is 35.0. The molecule has 11 N–H and O–H groups in total. The van der Waals surface area contributed by atoms with Gasteiger partial charge in [0.15, 0.2) is 0 Å². The van der Waals surface area contributed by atoms with E-state index in [1.54, 1.807) is 52.1 Å². The lowest BCUT2D eigenvalue weighted by Crippen LogP contribution is -2.61. The van der Waals surface area contributed by atoms with Gasteiger partial charge in [-0.05, 0) is 35.8 Å². The summed E-state index contributed by atoms with van der Waals surface area (Å²) in [5.74, 6) is -9.86. The highest BCUT2D eigenvalue weighted by Gasteiger charge is 2.36. The molecule has 0 spiro atoms. The SMILES string of the molecule is CCC(C)[C@H](NC(C)=O)C(=O)N[C@H](C(=O)N[C@@H](Cc1c[nH]c2ccccc12)C(=O)N[C@@H](CCC(=O)O)C(=O)N[C@H](C(=O)N[C@@H](CC(N)=O)C(=O)O)C(C)C)C(C)CC. The Morgan fingerprint density at radius 1 is 0.672 bits per heavy atom. The van der Waals surface area contributed by atoms with E-state index in [4.69, 9.17) is 5.73 Å². The summed E-state index contributed by atoms with van der Waals surface area (Å²) in [6.07, 6.45) is 0.744. The van der Waals surface area contributed by atoms with Crippen LogP contribution in [0, 0.1) is 17.8 Å². The van der Waals surface area contributed by atoms with Crippen LogP contribution in [0.4, 0.5) is 0 Å². The molecule has 1 heterocycles. The molecule has 2 aromatic rings. The average molecular weight is 815 g/mol. The van der Waals surface area contributed by atoms with Crippen molar-refractivity contribution in [1.82, 2.24) is 36.9 Å². The van der Waals surface area contributed by atoms with Crippen LogP contribution in [-0.4, -0.2) is 105 Å². The second-order valence-electron chi connectivity index (χ2n) is 14.9. The Labute approximate surface area is 336 Å². The summed E-state index contributed by atoms with van der Waals surface area (Å²) < 4.78 is 0. The number of carboxylic acid groups (broad SMARTS) is 2. The van der Waals surface area contributed by atoms with Gasteiger partial charge in [-0.1, -0.05) is 72.6 Å². The van der Waals surface area contributed by atoms with E-state index in [0.717, 1.165) is 10.9 Å². The van der Waals surface area contributed by atoms with Crippen LogP contribution in [0.2, 0.25) is 0 Å². The van der Waals surface area contributed by atoms with Crippen LogP contribution in [0.5, 0.6) is 0 Å². The maximum absolute atomic E-state index is 14.2. The Balaban J connectivity index is 2.51. The molecular weight excluding hydrogens is 756 g/mol. The van der Waals surface area contributed by atoms with Crippen molar-refractivity contribution in [3.8, 4) is 0 Å². The summed E-state index contributed by atoms with van der Waals surface area (Å²) >= 11 is 0. The molecule has 2 rings (SSSR count). The van der Waals surface area contributed by atoms with E-state index >= 15 is 0 Å². The number of carbonyl (C=O) groups is 9. The van der Waals surface area contributed by atoms with Crippen molar-refractivity contribution >= 4 is 64.2 Å². The molecular formula is C39H58N8O11. The minimum absolute atomic E-state index is 0.120. The van der Waals surface area contributed by atoms with Gasteiger partial charge in [0.1, 0.15) is 36.3 Å². The van der Waals surface area contributed by atoms with Crippen molar-refractivity contribution in [2.75, 3.05) is 0 Å². The fourth-order valence-electron chi connectivity index (χ4n) is 6.12. The Morgan fingerprint density at radius 2 is 1.17 bits per heavy atom. The van der Waals surface area contributed by atoms with Gasteiger partial charge in [-0.3, -0.25) is 38.4 Å². The van der Waals surface area contributed by atoms with E-state index in [9.17, 15) is 53.4 Å². The van der Waals surface area contributed by atoms with Crippen LogP contribution < -0.4 is 37.6 Å². The van der Waals surface area contributed by atoms with Gasteiger partial charge in [0.2, 0.25) is 41.4 Å². The molecule has 0 aliphatic carbocycles. The van der Waals surface area contributed by atoms with E-state index in [1.165, 1.54) is 6.92 Å². The molecule has 8 atom stereocenters. The predicted molar refractivity (Wildman–Crippen MR) is 211 cm³/mol. The van der Waals surface area contributed by atoms with E-state index in [0.29, 0.717) is 18.4 Å². The molecule has 2 unspecified atom stereocenters. The zero-order valence-electron chi connectivity index (χ0n) is 34.0. The quantitative estimate of drug-likeness (QED) is 0.0683. The Morgan fingerprint density at radius 3 is 1.71 bits per heavy atom. The number of H-pyrrole nitrogens is 1. The Kier molecular flexibility index (Phi) is 18.8. The minimum Gasteiger partial charge on any atom is -0.481 e. The van der Waals surface area contributed by atoms with Gasteiger partial charge in [-0.2, -0.15) is 0 Å². The van der Waals surface area contributed by atoms with Crippen molar-refractivity contribution in [2.45, 2.75) is 123 Å². The number of rotatable bonds is 24. The van der Waals surface area contributed by atoms with Crippen LogP contribution in [0.1, 0.15) is 86.1 Å². The normalized spacial score (nSPS) is 15.3. The summed E-state index contributed by atoms with van der Waals surface area (Å²) in [7, 11) is 0. The molecule has 19 heteroatoms. The van der Waals surface area contributed by atoms with E-state index in [2.05, 4.69) is 36.9 Å². The van der Waals surface area contributed by atoms with Crippen LogP contribution in [0.25, 0.3) is 10.9 Å². The van der Waals surface area contributed by atoms with Crippen LogP contribution in [0.3, 0.4) is 0 Å². The number of amides is 7. The van der Waals surface area contributed by atoms with Crippen molar-refractivity contribution in [1.29, 1.82) is 0 Å². The average Bonchev–Trinajstić information content (AvgIpc) is 3.56. The first-order valence-electron chi connectivity index (χ1n) is 19.3. The number of carbonyl (C=O) groups excluding carboxylic acids is 7. The zero-order valence-corrected chi connectivity index (χ0v) is 34.0. The maximum atomic E-state index is 14.2. The minimum atomic E-state index is -1.70. The van der Waals surface area contributed by atoms with Crippen molar-refractivity contribution < 1.29 is 53.4 Å². The van der Waals surface area contributed by atoms with Crippen molar-refractivity contribution in [3.05, 3.63) is 36.0 Å². The number of primary amides is 1. The molecule has 58 heavy (non-hydrogen) atoms. The first-order chi connectivity index (χ1) is 27.2. The molecule has 0 saturated heterocycles. The van der Waals surface area contributed by atoms with Gasteiger partial charge >= 0.3 is 11.9 Å². The molecule has 0 saturated carbocycles. The molecule has 1 aromatic heterocycles.